The van der Waals surface area contributed by atoms with E-state index in [1.165, 1.54) is 12.1 Å². The minimum Gasteiger partial charge on any atom is -0.377 e. The molecule has 0 saturated heterocycles. The van der Waals surface area contributed by atoms with E-state index in [0.717, 1.165) is 67.5 Å². The van der Waals surface area contributed by atoms with Gasteiger partial charge in [-0.15, -0.1) is 0 Å². The largest absolute Gasteiger partial charge is 0.377 e. The van der Waals surface area contributed by atoms with Gasteiger partial charge in [-0.25, -0.2) is 0 Å². The van der Waals surface area contributed by atoms with Gasteiger partial charge in [0.1, 0.15) is 11.4 Å². The summed E-state index contributed by atoms with van der Waals surface area (Å²) in [5, 5.41) is 0. The molecule has 0 unspecified atom stereocenters. The van der Waals surface area contributed by atoms with Gasteiger partial charge in [0, 0.05) is 13.0 Å². The predicted molar refractivity (Wildman–Crippen MR) is 136 cm³/mol. The Kier molecular flexibility index (Phi) is 7.73. The number of ether oxygens (including phenoxy) is 1. The van der Waals surface area contributed by atoms with E-state index < -0.39 is 15.7 Å². The first-order valence-electron chi connectivity index (χ1n) is 12.5. The molecule has 4 rings (SSSR count). The van der Waals surface area contributed by atoms with Crippen LogP contribution in [0, 0.1) is 0 Å². The first-order chi connectivity index (χ1) is 16.8. The van der Waals surface area contributed by atoms with Crippen LogP contribution in [0.2, 0.25) is 0 Å². The Hall–Kier alpha value is -2.55. The van der Waals surface area contributed by atoms with E-state index >= 15 is 0 Å². The number of aliphatic imine (C=N–C) groups is 1. The first kappa shape index (κ1) is 25.5. The van der Waals surface area contributed by atoms with Crippen molar-refractivity contribution in [2.75, 3.05) is 6.61 Å². The van der Waals surface area contributed by atoms with Crippen LogP contribution in [0.3, 0.4) is 0 Å². The van der Waals surface area contributed by atoms with Crippen molar-refractivity contribution in [3.05, 3.63) is 53.6 Å². The molecular weight excluding hydrogens is 464 g/mol. The number of amidine groups is 1. The fourth-order valence-corrected chi connectivity index (χ4v) is 5.59. The molecule has 1 amide bonds. The zero-order chi connectivity index (χ0) is 25.1. The van der Waals surface area contributed by atoms with E-state index in [9.17, 15) is 17.8 Å². The third-order valence-electron chi connectivity index (χ3n) is 6.90. The Morgan fingerprint density at radius 3 is 2.57 bits per heavy atom. The second kappa shape index (κ2) is 10.6. The second-order valence-electron chi connectivity index (χ2n) is 9.39. The van der Waals surface area contributed by atoms with E-state index in [1.54, 1.807) is 6.07 Å². The Morgan fingerprint density at radius 1 is 1.11 bits per heavy atom. The molecule has 1 aliphatic carbocycles. The molecule has 0 bridgehead atoms. The van der Waals surface area contributed by atoms with Crippen molar-refractivity contribution in [1.82, 2.24) is 4.90 Å². The van der Waals surface area contributed by atoms with Crippen LogP contribution >= 0.6 is 0 Å². The van der Waals surface area contributed by atoms with Crippen LogP contribution in [-0.2, 0) is 32.8 Å². The molecule has 1 fully saturated rings. The lowest BCUT2D eigenvalue weighted by molar-refractivity contribution is -0.131. The molecule has 1 saturated carbocycles. The summed E-state index contributed by atoms with van der Waals surface area (Å²) in [7, 11) is -4.31. The number of benzene rings is 2. The smallest absolute Gasteiger partial charge is 0.294 e. The van der Waals surface area contributed by atoms with Crippen molar-refractivity contribution in [3.63, 3.8) is 0 Å². The molecular formula is C27H34N2O5S. The van der Waals surface area contributed by atoms with Gasteiger partial charge >= 0.3 is 0 Å². The Balaban J connectivity index is 1.66. The minimum atomic E-state index is -4.31. The maximum Gasteiger partial charge on any atom is 0.294 e. The maximum atomic E-state index is 13.5. The van der Waals surface area contributed by atoms with Gasteiger partial charge in [0.15, 0.2) is 0 Å². The molecule has 2 aromatic rings. The lowest BCUT2D eigenvalue weighted by Gasteiger charge is -2.23. The summed E-state index contributed by atoms with van der Waals surface area (Å²) >= 11 is 0. The highest BCUT2D eigenvalue weighted by atomic mass is 32.2. The third kappa shape index (κ3) is 5.50. The van der Waals surface area contributed by atoms with Crippen LogP contribution in [0.15, 0.2) is 52.4 Å². The van der Waals surface area contributed by atoms with Gasteiger partial charge in [0.2, 0.25) is 0 Å². The molecule has 2 aromatic carbocycles. The zero-order valence-electron chi connectivity index (χ0n) is 20.5. The average molecular weight is 499 g/mol. The molecule has 0 atom stereocenters. The summed E-state index contributed by atoms with van der Waals surface area (Å²) in [6, 6.07) is 12.2. The zero-order valence-corrected chi connectivity index (χ0v) is 21.3. The van der Waals surface area contributed by atoms with E-state index in [0.29, 0.717) is 25.3 Å². The Bertz CT molecular complexity index is 1220. The lowest BCUT2D eigenvalue weighted by Crippen LogP contribution is -2.40. The minimum absolute atomic E-state index is 0.123. The fraction of sp³-hybridized carbons (Fsp3) is 0.481. The van der Waals surface area contributed by atoms with Crippen LogP contribution in [0.25, 0.3) is 11.1 Å². The average Bonchev–Trinajstić information content (AvgIpc) is 3.42. The predicted octanol–water partition coefficient (Wildman–Crippen LogP) is 5.38. The standard InChI is InChI=1S/C27H34N2O5S/c1-3-5-11-25-28-27(14-6-7-15-27)26(30)29(25)18-20-12-13-24(22(16-20)19-34-4-2)21-9-8-10-23(17-21)35(31,32)33/h8-10,12-13,16-17H,3-7,11,14-15,18-19H2,1-2H3,(H,31,32,33). The SMILES string of the molecule is CCCCC1=NC2(CCCC2)C(=O)N1Cc1ccc(-c2cccc(S(=O)(=O)O)c2)c(COCC)c1. The second-order valence-corrected chi connectivity index (χ2v) is 10.8. The summed E-state index contributed by atoms with van der Waals surface area (Å²) in [4.78, 5) is 20.2. The number of amides is 1. The van der Waals surface area contributed by atoms with Gasteiger partial charge in [0.05, 0.1) is 18.0 Å². The fourth-order valence-electron chi connectivity index (χ4n) is 5.06. The van der Waals surface area contributed by atoms with Crippen molar-refractivity contribution >= 4 is 21.9 Å². The number of carbonyl (C=O) groups is 1. The summed E-state index contributed by atoms with van der Waals surface area (Å²) in [5.41, 5.74) is 2.81. The molecule has 1 aliphatic heterocycles. The monoisotopic (exact) mass is 498 g/mol. The van der Waals surface area contributed by atoms with Crippen molar-refractivity contribution in [2.24, 2.45) is 4.99 Å². The van der Waals surface area contributed by atoms with Gasteiger partial charge in [0.25, 0.3) is 16.0 Å². The normalized spacial score (nSPS) is 17.4. The highest BCUT2D eigenvalue weighted by Crippen LogP contribution is 2.40. The Morgan fingerprint density at radius 2 is 1.89 bits per heavy atom. The molecule has 7 nitrogen and oxygen atoms in total. The quantitative estimate of drug-likeness (QED) is 0.444. The number of carbonyl (C=O) groups excluding carboxylic acids is 1. The highest BCUT2D eigenvalue weighted by Gasteiger charge is 2.49. The summed E-state index contributed by atoms with van der Waals surface area (Å²) < 4.78 is 38.5. The number of nitrogens with zero attached hydrogens (tertiary/aromatic N) is 2. The van der Waals surface area contributed by atoms with Crippen molar-refractivity contribution in [1.29, 1.82) is 0 Å². The van der Waals surface area contributed by atoms with Crippen molar-refractivity contribution < 1.29 is 22.5 Å². The van der Waals surface area contributed by atoms with Crippen molar-refractivity contribution in [2.45, 2.75) is 82.4 Å². The molecule has 2 aliphatic rings. The molecule has 1 heterocycles. The van der Waals surface area contributed by atoms with Crippen LogP contribution < -0.4 is 0 Å². The molecule has 35 heavy (non-hydrogen) atoms. The van der Waals surface area contributed by atoms with Crippen LogP contribution in [-0.4, -0.2) is 41.8 Å². The van der Waals surface area contributed by atoms with E-state index in [-0.39, 0.29) is 10.8 Å². The topological polar surface area (TPSA) is 96.3 Å². The summed E-state index contributed by atoms with van der Waals surface area (Å²) in [6.07, 6.45) is 6.59. The molecule has 1 spiro atoms. The molecule has 8 heteroatoms. The highest BCUT2D eigenvalue weighted by molar-refractivity contribution is 7.85. The van der Waals surface area contributed by atoms with Crippen molar-refractivity contribution in [3.8, 4) is 11.1 Å². The van der Waals surface area contributed by atoms with Crippen LogP contribution in [0.1, 0.15) is 69.9 Å². The third-order valence-corrected chi connectivity index (χ3v) is 7.75. The van der Waals surface area contributed by atoms with Gasteiger partial charge in [-0.2, -0.15) is 8.42 Å². The lowest BCUT2D eigenvalue weighted by atomic mass is 9.96. The van der Waals surface area contributed by atoms with Gasteiger partial charge in [-0.3, -0.25) is 19.2 Å². The number of hydrogen-bond donors (Lipinski definition) is 1. The molecule has 0 radical (unpaired) electrons. The van der Waals surface area contributed by atoms with E-state index in [4.69, 9.17) is 9.73 Å². The molecule has 188 valence electrons. The number of rotatable bonds is 10. The number of hydrogen-bond acceptors (Lipinski definition) is 5. The van der Waals surface area contributed by atoms with Gasteiger partial charge in [-0.1, -0.05) is 56.5 Å². The van der Waals surface area contributed by atoms with Crippen LogP contribution in [0.5, 0.6) is 0 Å². The molecule has 1 N–H and O–H groups in total. The summed E-state index contributed by atoms with van der Waals surface area (Å²) in [6.45, 7) is 5.40. The van der Waals surface area contributed by atoms with Crippen LogP contribution in [0.4, 0.5) is 0 Å². The first-order valence-corrected chi connectivity index (χ1v) is 13.9. The molecule has 0 aromatic heterocycles. The maximum absolute atomic E-state index is 13.5. The van der Waals surface area contributed by atoms with E-state index in [1.807, 2.05) is 36.1 Å². The number of unbranched alkanes of at least 4 members (excludes halogenated alkanes) is 1. The Labute approximate surface area is 208 Å². The summed E-state index contributed by atoms with van der Waals surface area (Å²) in [5.74, 6) is 1.02. The van der Waals surface area contributed by atoms with E-state index in [2.05, 4.69) is 6.92 Å². The van der Waals surface area contributed by atoms with Gasteiger partial charge < -0.3 is 4.74 Å². The van der Waals surface area contributed by atoms with Gasteiger partial charge in [-0.05, 0) is 60.6 Å².